The first kappa shape index (κ1) is 15.6. The van der Waals surface area contributed by atoms with Gasteiger partial charge in [-0.25, -0.2) is 0 Å². The summed E-state index contributed by atoms with van der Waals surface area (Å²) in [4.78, 5) is 14.8. The van der Waals surface area contributed by atoms with Gasteiger partial charge in [0.2, 0.25) is 0 Å². The van der Waals surface area contributed by atoms with Gasteiger partial charge in [-0.2, -0.15) is 0 Å². The number of methoxy groups -OCH3 is 2. The second-order valence-electron chi connectivity index (χ2n) is 5.60. The minimum atomic E-state index is -0.0953. The number of rotatable bonds is 3. The molecule has 2 bridgehead atoms. The van der Waals surface area contributed by atoms with Crippen LogP contribution in [0.2, 0.25) is 5.02 Å². The molecule has 3 unspecified atom stereocenters. The normalized spacial score (nSPS) is 27.6. The molecule has 0 aromatic heterocycles. The van der Waals surface area contributed by atoms with E-state index < -0.39 is 0 Å². The first-order chi connectivity index (χ1) is 10.7. The Balaban J connectivity index is 1.90. The van der Waals surface area contributed by atoms with Gasteiger partial charge >= 0.3 is 0 Å². The number of ether oxygens (including phenoxy) is 3. The molecule has 1 amide bonds. The van der Waals surface area contributed by atoms with Gasteiger partial charge in [-0.05, 0) is 31.0 Å². The van der Waals surface area contributed by atoms with Crippen LogP contribution in [0.3, 0.4) is 0 Å². The lowest BCUT2D eigenvalue weighted by Crippen LogP contribution is -2.46. The van der Waals surface area contributed by atoms with Crippen LogP contribution in [-0.2, 0) is 9.47 Å². The van der Waals surface area contributed by atoms with Crippen LogP contribution >= 0.6 is 11.6 Å². The lowest BCUT2D eigenvalue weighted by atomic mass is 10.1. The van der Waals surface area contributed by atoms with E-state index in [1.54, 1.807) is 32.4 Å². The Hall–Kier alpha value is -1.30. The summed E-state index contributed by atoms with van der Waals surface area (Å²) >= 11 is 6.21. The quantitative estimate of drug-likeness (QED) is 0.856. The molecular formula is C16H20ClNO4. The van der Waals surface area contributed by atoms with E-state index in [2.05, 4.69) is 0 Å². The SMILES string of the molecule is COc1ccc(Cl)c(C(=O)N2CCOC3CCC2C3OC)c1. The molecule has 2 aliphatic rings. The van der Waals surface area contributed by atoms with Crippen LogP contribution in [0.4, 0.5) is 0 Å². The second kappa shape index (κ2) is 6.44. The number of hydrogen-bond donors (Lipinski definition) is 0. The Labute approximate surface area is 135 Å². The minimum absolute atomic E-state index is 0.0345. The van der Waals surface area contributed by atoms with Crippen molar-refractivity contribution in [1.29, 1.82) is 0 Å². The molecule has 1 aromatic rings. The Morgan fingerprint density at radius 2 is 2.18 bits per heavy atom. The van der Waals surface area contributed by atoms with Crippen molar-refractivity contribution in [2.24, 2.45) is 0 Å². The summed E-state index contributed by atoms with van der Waals surface area (Å²) in [7, 11) is 3.24. The van der Waals surface area contributed by atoms with Gasteiger partial charge in [-0.15, -0.1) is 0 Å². The van der Waals surface area contributed by atoms with Crippen LogP contribution in [0.5, 0.6) is 5.75 Å². The first-order valence-electron chi connectivity index (χ1n) is 7.44. The summed E-state index contributed by atoms with van der Waals surface area (Å²) in [5.74, 6) is 0.522. The maximum atomic E-state index is 13.0. The number of fused-ring (bicyclic) bond motifs is 2. The van der Waals surface area contributed by atoms with E-state index in [0.29, 0.717) is 29.5 Å². The molecule has 6 heteroatoms. The van der Waals surface area contributed by atoms with E-state index in [4.69, 9.17) is 25.8 Å². The number of nitrogens with zero attached hydrogens (tertiary/aromatic N) is 1. The highest BCUT2D eigenvalue weighted by Crippen LogP contribution is 2.33. The molecule has 1 aromatic carbocycles. The van der Waals surface area contributed by atoms with Crippen LogP contribution < -0.4 is 4.74 Å². The van der Waals surface area contributed by atoms with Gasteiger partial charge in [0.15, 0.2) is 0 Å². The molecule has 0 N–H and O–H groups in total. The van der Waals surface area contributed by atoms with Gasteiger partial charge in [0, 0.05) is 13.7 Å². The molecule has 22 heavy (non-hydrogen) atoms. The summed E-state index contributed by atoms with van der Waals surface area (Å²) in [6, 6.07) is 5.15. The van der Waals surface area contributed by atoms with Crippen LogP contribution in [0.25, 0.3) is 0 Å². The van der Waals surface area contributed by atoms with Crippen molar-refractivity contribution in [3.63, 3.8) is 0 Å². The van der Waals surface area contributed by atoms with Crippen molar-refractivity contribution in [3.05, 3.63) is 28.8 Å². The fourth-order valence-electron chi connectivity index (χ4n) is 3.40. The lowest BCUT2D eigenvalue weighted by molar-refractivity contribution is -0.0316. The molecule has 3 atom stereocenters. The summed E-state index contributed by atoms with van der Waals surface area (Å²) < 4.78 is 16.6. The van der Waals surface area contributed by atoms with E-state index in [0.717, 1.165) is 12.8 Å². The Morgan fingerprint density at radius 1 is 1.36 bits per heavy atom. The third-order valence-electron chi connectivity index (χ3n) is 4.49. The first-order valence-corrected chi connectivity index (χ1v) is 7.82. The van der Waals surface area contributed by atoms with Crippen molar-refractivity contribution >= 4 is 17.5 Å². The lowest BCUT2D eigenvalue weighted by Gasteiger charge is -2.31. The number of hydrogen-bond acceptors (Lipinski definition) is 4. The fourth-order valence-corrected chi connectivity index (χ4v) is 3.60. The number of benzene rings is 1. The molecule has 1 aliphatic heterocycles. The van der Waals surface area contributed by atoms with E-state index in [1.165, 1.54) is 0 Å². The van der Waals surface area contributed by atoms with E-state index in [1.807, 2.05) is 4.90 Å². The zero-order valence-corrected chi connectivity index (χ0v) is 13.5. The summed E-state index contributed by atoms with van der Waals surface area (Å²) in [5, 5.41) is 0.430. The molecule has 1 aliphatic carbocycles. The monoisotopic (exact) mass is 325 g/mol. The predicted molar refractivity (Wildman–Crippen MR) is 82.6 cm³/mol. The standard InChI is InChI=1S/C16H20ClNO4/c1-20-10-3-4-12(17)11(9-10)16(19)18-7-8-22-14-6-5-13(18)15(14)21-2/h3-4,9,13-15H,5-8H2,1-2H3. The average molecular weight is 326 g/mol. The number of carbonyl (C=O) groups is 1. The highest BCUT2D eigenvalue weighted by Gasteiger charge is 2.44. The highest BCUT2D eigenvalue weighted by atomic mass is 35.5. The van der Waals surface area contributed by atoms with Crippen molar-refractivity contribution in [1.82, 2.24) is 4.90 Å². The van der Waals surface area contributed by atoms with Crippen LogP contribution in [-0.4, -0.2) is 56.4 Å². The molecule has 1 saturated heterocycles. The van der Waals surface area contributed by atoms with Crippen molar-refractivity contribution in [2.75, 3.05) is 27.4 Å². The maximum absolute atomic E-state index is 13.0. The molecule has 1 saturated carbocycles. The van der Waals surface area contributed by atoms with E-state index in [-0.39, 0.29) is 24.2 Å². The molecule has 120 valence electrons. The summed E-state index contributed by atoms with van der Waals surface area (Å²) in [5.41, 5.74) is 0.459. The Kier molecular flexibility index (Phi) is 4.57. The second-order valence-corrected chi connectivity index (χ2v) is 6.01. The van der Waals surface area contributed by atoms with Crippen molar-refractivity contribution in [2.45, 2.75) is 31.1 Å². The van der Waals surface area contributed by atoms with Gasteiger partial charge in [0.1, 0.15) is 11.9 Å². The van der Waals surface area contributed by atoms with Crippen molar-refractivity contribution in [3.8, 4) is 5.75 Å². The molecule has 5 nitrogen and oxygen atoms in total. The number of amides is 1. The summed E-state index contributed by atoms with van der Waals surface area (Å²) in [6.45, 7) is 1.07. The number of halogens is 1. The Morgan fingerprint density at radius 3 is 2.91 bits per heavy atom. The molecule has 1 heterocycles. The number of carbonyl (C=O) groups excluding carboxylic acids is 1. The average Bonchev–Trinajstić information content (AvgIpc) is 2.82. The van der Waals surface area contributed by atoms with Crippen molar-refractivity contribution < 1.29 is 19.0 Å². The molecule has 0 spiro atoms. The molecule has 2 fully saturated rings. The topological polar surface area (TPSA) is 48.0 Å². The minimum Gasteiger partial charge on any atom is -0.497 e. The van der Waals surface area contributed by atoms with E-state index in [9.17, 15) is 4.79 Å². The van der Waals surface area contributed by atoms with Gasteiger partial charge in [0.25, 0.3) is 5.91 Å². The molecule has 0 radical (unpaired) electrons. The zero-order chi connectivity index (χ0) is 15.7. The molecular weight excluding hydrogens is 306 g/mol. The van der Waals surface area contributed by atoms with Crippen LogP contribution in [0.1, 0.15) is 23.2 Å². The zero-order valence-electron chi connectivity index (χ0n) is 12.8. The van der Waals surface area contributed by atoms with Crippen LogP contribution in [0, 0.1) is 0 Å². The molecule has 3 rings (SSSR count). The third kappa shape index (κ3) is 2.69. The summed E-state index contributed by atoms with van der Waals surface area (Å²) in [6.07, 6.45) is 1.80. The highest BCUT2D eigenvalue weighted by molar-refractivity contribution is 6.33. The predicted octanol–water partition coefficient (Wildman–Crippen LogP) is 2.37. The maximum Gasteiger partial charge on any atom is 0.255 e. The van der Waals surface area contributed by atoms with Gasteiger partial charge in [-0.3, -0.25) is 4.79 Å². The fraction of sp³-hybridized carbons (Fsp3) is 0.562. The smallest absolute Gasteiger partial charge is 0.255 e. The Bertz CT molecular complexity index is 565. The van der Waals surface area contributed by atoms with Gasteiger partial charge in [0.05, 0.1) is 36.4 Å². The van der Waals surface area contributed by atoms with E-state index >= 15 is 0 Å². The van der Waals surface area contributed by atoms with Gasteiger partial charge in [-0.1, -0.05) is 11.6 Å². The largest absolute Gasteiger partial charge is 0.497 e. The van der Waals surface area contributed by atoms with Gasteiger partial charge < -0.3 is 19.1 Å². The van der Waals surface area contributed by atoms with Crippen LogP contribution in [0.15, 0.2) is 18.2 Å². The third-order valence-corrected chi connectivity index (χ3v) is 4.82.